The van der Waals surface area contributed by atoms with Crippen molar-refractivity contribution in [2.45, 2.75) is 31.5 Å². The van der Waals surface area contributed by atoms with E-state index in [1.165, 1.54) is 12.0 Å². The minimum Gasteiger partial charge on any atom is -0.480 e. The largest absolute Gasteiger partial charge is 0.480 e. The molecular weight excluding hydrogens is 454 g/mol. The number of rotatable bonds is 6. The van der Waals surface area contributed by atoms with Crippen molar-refractivity contribution in [1.82, 2.24) is 24.9 Å². The Balaban J connectivity index is 1.36. The third-order valence-corrected chi connectivity index (χ3v) is 7.28. The first kappa shape index (κ1) is 22.2. The van der Waals surface area contributed by atoms with Crippen LogP contribution in [0.1, 0.15) is 29.3 Å². The van der Waals surface area contributed by atoms with E-state index < -0.39 is 11.5 Å². The number of fused-ring (bicyclic) bond motifs is 1. The number of benzene rings is 2. The van der Waals surface area contributed by atoms with Crippen LogP contribution in [0, 0.1) is 0 Å². The zero-order chi connectivity index (χ0) is 23.9. The van der Waals surface area contributed by atoms with Gasteiger partial charge in [-0.15, -0.1) is 16.4 Å². The maximum Gasteiger partial charge on any atom is 0.329 e. The quantitative estimate of drug-likeness (QED) is 0.454. The number of aliphatic carboxylic acids is 1. The van der Waals surface area contributed by atoms with Gasteiger partial charge in [0.25, 0.3) is 5.91 Å². The van der Waals surface area contributed by atoms with E-state index in [-0.39, 0.29) is 25.0 Å². The van der Waals surface area contributed by atoms with Gasteiger partial charge in [0.1, 0.15) is 16.2 Å². The summed E-state index contributed by atoms with van der Waals surface area (Å²) in [6, 6.07) is 15.1. The molecule has 10 heteroatoms. The Morgan fingerprint density at radius 3 is 2.82 bits per heavy atom. The summed E-state index contributed by atoms with van der Waals surface area (Å²) < 4.78 is 8.14. The molecule has 1 fully saturated rings. The first-order valence-electron chi connectivity index (χ1n) is 10.8. The smallest absolute Gasteiger partial charge is 0.329 e. The number of thiazole rings is 1. The van der Waals surface area contributed by atoms with Crippen LogP contribution in [0.15, 0.2) is 54.7 Å². The number of amides is 1. The molecule has 1 aliphatic rings. The Kier molecular flexibility index (Phi) is 5.62. The highest BCUT2D eigenvalue weighted by atomic mass is 32.1. The van der Waals surface area contributed by atoms with Crippen molar-refractivity contribution < 1.29 is 19.4 Å². The Hall–Kier alpha value is -3.63. The molecule has 0 spiro atoms. The molecule has 3 heterocycles. The molecule has 0 saturated carbocycles. The number of ether oxygens (including phenoxy) is 1. The van der Waals surface area contributed by atoms with E-state index in [0.29, 0.717) is 17.8 Å². The average molecular weight is 478 g/mol. The van der Waals surface area contributed by atoms with Gasteiger partial charge in [0.2, 0.25) is 0 Å². The molecular formula is C24H23N5O4S. The molecule has 4 aromatic rings. The summed E-state index contributed by atoms with van der Waals surface area (Å²) in [5.74, 6) is -1.37. The molecule has 174 valence electrons. The lowest BCUT2D eigenvalue weighted by Crippen LogP contribution is -2.50. The van der Waals surface area contributed by atoms with Crippen LogP contribution < -0.4 is 0 Å². The first-order valence-corrected chi connectivity index (χ1v) is 11.6. The molecule has 1 aliphatic heterocycles. The molecule has 1 amide bonds. The molecule has 2 unspecified atom stereocenters. The number of carboxylic acids is 1. The minimum atomic E-state index is -1.31. The number of carboxylic acid groups (broad SMARTS) is 1. The third-order valence-electron chi connectivity index (χ3n) is 6.22. The fraction of sp³-hybridized carbons (Fsp3) is 0.292. The van der Waals surface area contributed by atoms with Crippen LogP contribution >= 0.6 is 11.3 Å². The second kappa shape index (κ2) is 8.62. The summed E-state index contributed by atoms with van der Waals surface area (Å²) in [4.78, 5) is 31.2. The molecule has 0 radical (unpaired) electrons. The van der Waals surface area contributed by atoms with Crippen LogP contribution in [-0.2, 0) is 16.1 Å². The topological polar surface area (TPSA) is 110 Å². The normalized spacial score (nSPS) is 20.2. The molecule has 2 aromatic heterocycles. The Bertz CT molecular complexity index is 1350. The molecule has 1 N–H and O–H groups in total. The van der Waals surface area contributed by atoms with Crippen molar-refractivity contribution in [2.75, 3.05) is 13.7 Å². The van der Waals surface area contributed by atoms with Gasteiger partial charge in [0.05, 0.1) is 29.1 Å². The van der Waals surface area contributed by atoms with Crippen molar-refractivity contribution in [3.8, 4) is 10.7 Å². The molecule has 9 nitrogen and oxygen atoms in total. The van der Waals surface area contributed by atoms with Crippen LogP contribution in [0.4, 0.5) is 0 Å². The summed E-state index contributed by atoms with van der Waals surface area (Å²) in [5, 5.41) is 19.1. The van der Waals surface area contributed by atoms with E-state index >= 15 is 0 Å². The second-order valence-corrected chi connectivity index (χ2v) is 9.58. The van der Waals surface area contributed by atoms with E-state index in [1.54, 1.807) is 41.1 Å². The number of para-hydroxylation sites is 1. The minimum absolute atomic E-state index is 0.233. The lowest BCUT2D eigenvalue weighted by molar-refractivity contribution is -0.147. The summed E-state index contributed by atoms with van der Waals surface area (Å²) in [6.07, 6.45) is 1.76. The van der Waals surface area contributed by atoms with Gasteiger partial charge in [-0.05, 0) is 36.8 Å². The molecule has 0 aliphatic carbocycles. The number of nitrogens with zero attached hydrogens (tertiary/aromatic N) is 5. The van der Waals surface area contributed by atoms with Gasteiger partial charge in [-0.25, -0.2) is 14.5 Å². The Morgan fingerprint density at radius 2 is 2.06 bits per heavy atom. The van der Waals surface area contributed by atoms with Gasteiger partial charge >= 0.3 is 5.97 Å². The maximum absolute atomic E-state index is 13.3. The highest BCUT2D eigenvalue weighted by Gasteiger charge is 2.50. The molecule has 34 heavy (non-hydrogen) atoms. The van der Waals surface area contributed by atoms with Crippen LogP contribution in [-0.4, -0.2) is 67.2 Å². The lowest BCUT2D eigenvalue weighted by atomic mass is 9.97. The maximum atomic E-state index is 13.3. The Morgan fingerprint density at radius 1 is 1.24 bits per heavy atom. The number of hydrogen-bond acceptors (Lipinski definition) is 7. The summed E-state index contributed by atoms with van der Waals surface area (Å²) >= 11 is 1.56. The van der Waals surface area contributed by atoms with Crippen LogP contribution in [0.2, 0.25) is 0 Å². The molecule has 1 saturated heterocycles. The number of hydrogen-bond donors (Lipinski definition) is 1. The average Bonchev–Trinajstić information content (AvgIpc) is 3.55. The SMILES string of the molecule is COC1CN(C(=O)c2cccc(Cn3cc(-c4nc5ccccc5s4)nn3)c2)C(C)(C(=O)O)C1. The van der Waals surface area contributed by atoms with Crippen molar-refractivity contribution in [3.63, 3.8) is 0 Å². The van der Waals surface area contributed by atoms with E-state index in [0.717, 1.165) is 20.8 Å². The molecule has 2 atom stereocenters. The predicted molar refractivity (Wildman–Crippen MR) is 127 cm³/mol. The zero-order valence-corrected chi connectivity index (χ0v) is 19.5. The Labute approximate surface area is 199 Å². The summed E-state index contributed by atoms with van der Waals surface area (Å²) in [5.41, 5.74) is 1.58. The number of carbonyl (C=O) groups is 2. The zero-order valence-electron chi connectivity index (χ0n) is 18.7. The van der Waals surface area contributed by atoms with Crippen LogP contribution in [0.5, 0.6) is 0 Å². The molecule has 2 aromatic carbocycles. The van der Waals surface area contributed by atoms with Gasteiger partial charge < -0.3 is 14.7 Å². The monoisotopic (exact) mass is 477 g/mol. The van der Waals surface area contributed by atoms with E-state index in [2.05, 4.69) is 15.3 Å². The summed E-state index contributed by atoms with van der Waals surface area (Å²) in [7, 11) is 1.53. The van der Waals surface area contributed by atoms with Gasteiger partial charge in [0, 0.05) is 25.6 Å². The van der Waals surface area contributed by atoms with Gasteiger partial charge in [0.15, 0.2) is 0 Å². The van der Waals surface area contributed by atoms with Crippen molar-refractivity contribution in [2.24, 2.45) is 0 Å². The van der Waals surface area contributed by atoms with Gasteiger partial charge in [-0.3, -0.25) is 4.79 Å². The lowest BCUT2D eigenvalue weighted by Gasteiger charge is -2.30. The number of carbonyl (C=O) groups excluding carboxylic acids is 1. The van der Waals surface area contributed by atoms with Gasteiger partial charge in [-0.1, -0.05) is 29.5 Å². The molecule has 5 rings (SSSR count). The second-order valence-electron chi connectivity index (χ2n) is 8.55. The number of likely N-dealkylation sites (tertiary alicyclic amines) is 1. The van der Waals surface area contributed by atoms with Crippen LogP contribution in [0.3, 0.4) is 0 Å². The number of aromatic nitrogens is 4. The van der Waals surface area contributed by atoms with E-state index in [9.17, 15) is 14.7 Å². The first-order chi connectivity index (χ1) is 16.4. The van der Waals surface area contributed by atoms with E-state index in [1.807, 2.05) is 36.5 Å². The van der Waals surface area contributed by atoms with Crippen LogP contribution in [0.25, 0.3) is 20.9 Å². The highest BCUT2D eigenvalue weighted by molar-refractivity contribution is 7.21. The van der Waals surface area contributed by atoms with E-state index in [4.69, 9.17) is 4.74 Å². The number of methoxy groups -OCH3 is 1. The predicted octanol–water partition coefficient (Wildman–Crippen LogP) is 3.31. The fourth-order valence-corrected chi connectivity index (χ4v) is 5.21. The van der Waals surface area contributed by atoms with Gasteiger partial charge in [-0.2, -0.15) is 0 Å². The van der Waals surface area contributed by atoms with Crippen molar-refractivity contribution >= 4 is 33.4 Å². The van der Waals surface area contributed by atoms with Crippen molar-refractivity contribution in [1.29, 1.82) is 0 Å². The third kappa shape index (κ3) is 3.95. The summed E-state index contributed by atoms with van der Waals surface area (Å²) in [6.45, 7) is 2.21. The fourth-order valence-electron chi connectivity index (χ4n) is 4.29. The van der Waals surface area contributed by atoms with Crippen molar-refractivity contribution in [3.05, 3.63) is 65.9 Å². The highest BCUT2D eigenvalue weighted by Crippen LogP contribution is 2.33. The standard InChI is InChI=1S/C24H23N5O4S/c1-24(23(31)32)11-17(33-2)13-29(24)22(30)16-7-5-6-15(10-16)12-28-14-19(26-27-28)21-25-18-8-3-4-9-20(18)34-21/h3-10,14,17H,11-13H2,1-2H3,(H,31,32). The molecule has 0 bridgehead atoms.